The summed E-state index contributed by atoms with van der Waals surface area (Å²) in [7, 11) is 0. The van der Waals surface area contributed by atoms with Crippen LogP contribution in [0.5, 0.6) is 0 Å². The van der Waals surface area contributed by atoms with Crippen LogP contribution >= 0.6 is 0 Å². The van der Waals surface area contributed by atoms with E-state index in [1.54, 1.807) is 4.68 Å². The third kappa shape index (κ3) is 3.49. The normalized spacial score (nSPS) is 24.4. The third-order valence-electron chi connectivity index (χ3n) is 3.19. The maximum atomic E-state index is 5.52. The lowest BCUT2D eigenvalue weighted by molar-refractivity contribution is 0.105. The minimum Gasteiger partial charge on any atom is -0.378 e. The van der Waals surface area contributed by atoms with Crippen molar-refractivity contribution < 1.29 is 4.74 Å². The van der Waals surface area contributed by atoms with Crippen LogP contribution in [0, 0.1) is 5.92 Å². The number of nitrogens with two attached hydrogens (primary N) is 1. The van der Waals surface area contributed by atoms with E-state index in [4.69, 9.17) is 10.5 Å². The molecule has 1 aliphatic rings. The Hall–Kier alpha value is -0.980. The van der Waals surface area contributed by atoms with Crippen LogP contribution in [0.4, 0.5) is 0 Å². The molecule has 1 aromatic heterocycles. The van der Waals surface area contributed by atoms with Crippen molar-refractivity contribution in [3.63, 3.8) is 0 Å². The fourth-order valence-electron chi connectivity index (χ4n) is 2.09. The van der Waals surface area contributed by atoms with Gasteiger partial charge in [-0.3, -0.25) is 4.68 Å². The van der Waals surface area contributed by atoms with Gasteiger partial charge in [-0.25, -0.2) is 0 Å². The predicted molar refractivity (Wildman–Crippen MR) is 64.3 cm³/mol. The highest BCUT2D eigenvalue weighted by Gasteiger charge is 2.23. The number of aromatic nitrogens is 3. The number of ether oxygens (including phenoxy) is 1. The zero-order valence-electron chi connectivity index (χ0n) is 10.3. The second-order valence-corrected chi connectivity index (χ2v) is 4.52. The minimum atomic E-state index is 0.371. The van der Waals surface area contributed by atoms with Crippen molar-refractivity contribution in [1.29, 1.82) is 0 Å². The molecule has 0 bridgehead atoms. The second-order valence-electron chi connectivity index (χ2n) is 4.52. The molecular formula is C11H21N5O. The maximum absolute atomic E-state index is 5.52. The first-order chi connectivity index (χ1) is 8.29. The Bertz CT molecular complexity index is 340. The number of hydrogen-bond acceptors (Lipinski definition) is 5. The lowest BCUT2D eigenvalue weighted by Crippen LogP contribution is -2.26. The fourth-order valence-corrected chi connectivity index (χ4v) is 2.09. The SMILES string of the molecule is CC1OCCC1CNCc1cn(CCN)nn1. The zero-order chi connectivity index (χ0) is 12.1. The van der Waals surface area contributed by atoms with Gasteiger partial charge < -0.3 is 15.8 Å². The molecule has 96 valence electrons. The maximum Gasteiger partial charge on any atom is 0.0964 e. The van der Waals surface area contributed by atoms with Gasteiger partial charge in [0.05, 0.1) is 18.3 Å². The molecule has 2 heterocycles. The summed E-state index contributed by atoms with van der Waals surface area (Å²) >= 11 is 0. The van der Waals surface area contributed by atoms with Crippen LogP contribution < -0.4 is 11.1 Å². The Kier molecular flexibility index (Phi) is 4.47. The molecule has 17 heavy (non-hydrogen) atoms. The van der Waals surface area contributed by atoms with Crippen LogP contribution in [0.1, 0.15) is 19.0 Å². The van der Waals surface area contributed by atoms with Crippen LogP contribution in [0.2, 0.25) is 0 Å². The zero-order valence-corrected chi connectivity index (χ0v) is 10.3. The quantitative estimate of drug-likeness (QED) is 0.716. The van der Waals surface area contributed by atoms with Gasteiger partial charge in [0.2, 0.25) is 0 Å². The monoisotopic (exact) mass is 239 g/mol. The van der Waals surface area contributed by atoms with E-state index in [2.05, 4.69) is 22.6 Å². The highest BCUT2D eigenvalue weighted by atomic mass is 16.5. The molecule has 2 rings (SSSR count). The number of rotatable bonds is 6. The first-order valence-electron chi connectivity index (χ1n) is 6.21. The summed E-state index contributed by atoms with van der Waals surface area (Å²) in [6, 6.07) is 0. The van der Waals surface area contributed by atoms with Gasteiger partial charge in [-0.1, -0.05) is 5.21 Å². The standard InChI is InChI=1S/C11H21N5O/c1-9-10(2-5-17-9)6-13-7-11-8-16(4-3-12)15-14-11/h8-10,13H,2-7,12H2,1H3. The largest absolute Gasteiger partial charge is 0.378 e. The van der Waals surface area contributed by atoms with Crippen LogP contribution in [0.15, 0.2) is 6.20 Å². The van der Waals surface area contributed by atoms with Crippen LogP contribution in [0.25, 0.3) is 0 Å². The summed E-state index contributed by atoms with van der Waals surface area (Å²) in [6.45, 7) is 6.07. The van der Waals surface area contributed by atoms with Crippen molar-refractivity contribution in [2.24, 2.45) is 11.7 Å². The second kappa shape index (κ2) is 6.09. The van der Waals surface area contributed by atoms with E-state index in [1.165, 1.54) is 0 Å². The molecule has 0 aliphatic carbocycles. The van der Waals surface area contributed by atoms with Crippen molar-refractivity contribution in [2.45, 2.75) is 32.5 Å². The van der Waals surface area contributed by atoms with E-state index in [0.717, 1.165) is 38.4 Å². The Morgan fingerprint density at radius 2 is 2.53 bits per heavy atom. The van der Waals surface area contributed by atoms with Gasteiger partial charge in [0.25, 0.3) is 0 Å². The Labute approximate surface area is 102 Å². The van der Waals surface area contributed by atoms with Gasteiger partial charge in [0.15, 0.2) is 0 Å². The van der Waals surface area contributed by atoms with Crippen LogP contribution in [-0.2, 0) is 17.8 Å². The Balaban J connectivity index is 1.70. The van der Waals surface area contributed by atoms with Gasteiger partial charge in [-0.05, 0) is 19.3 Å². The molecule has 0 spiro atoms. The number of nitrogens with zero attached hydrogens (tertiary/aromatic N) is 3. The summed E-state index contributed by atoms with van der Waals surface area (Å²) in [6.07, 6.45) is 3.46. The van der Waals surface area contributed by atoms with E-state index in [-0.39, 0.29) is 0 Å². The summed E-state index contributed by atoms with van der Waals surface area (Å²) < 4.78 is 7.29. The van der Waals surface area contributed by atoms with Crippen molar-refractivity contribution in [3.8, 4) is 0 Å². The highest BCUT2D eigenvalue weighted by molar-refractivity contribution is 4.91. The Morgan fingerprint density at radius 1 is 1.65 bits per heavy atom. The van der Waals surface area contributed by atoms with E-state index in [9.17, 15) is 0 Å². The average molecular weight is 239 g/mol. The molecule has 0 saturated carbocycles. The smallest absolute Gasteiger partial charge is 0.0964 e. The highest BCUT2D eigenvalue weighted by Crippen LogP contribution is 2.19. The lowest BCUT2D eigenvalue weighted by atomic mass is 10.0. The summed E-state index contributed by atoms with van der Waals surface area (Å²) in [5.41, 5.74) is 6.41. The van der Waals surface area contributed by atoms with Gasteiger partial charge in [0, 0.05) is 32.4 Å². The van der Waals surface area contributed by atoms with E-state index >= 15 is 0 Å². The molecule has 6 nitrogen and oxygen atoms in total. The predicted octanol–water partition coefficient (Wildman–Crippen LogP) is -0.249. The molecular weight excluding hydrogens is 218 g/mol. The molecule has 1 saturated heterocycles. The number of hydrogen-bond donors (Lipinski definition) is 2. The molecule has 1 aromatic rings. The van der Waals surface area contributed by atoms with Gasteiger partial charge in [-0.2, -0.15) is 0 Å². The van der Waals surface area contributed by atoms with Crippen molar-refractivity contribution in [2.75, 3.05) is 19.7 Å². The first kappa shape index (κ1) is 12.5. The third-order valence-corrected chi connectivity index (χ3v) is 3.19. The summed E-state index contributed by atoms with van der Waals surface area (Å²) in [5.74, 6) is 0.620. The first-order valence-corrected chi connectivity index (χ1v) is 6.21. The molecule has 2 atom stereocenters. The fraction of sp³-hybridized carbons (Fsp3) is 0.818. The van der Waals surface area contributed by atoms with Gasteiger partial charge in [-0.15, -0.1) is 5.10 Å². The molecule has 0 aromatic carbocycles. The van der Waals surface area contributed by atoms with Crippen molar-refractivity contribution in [3.05, 3.63) is 11.9 Å². The van der Waals surface area contributed by atoms with E-state index < -0.39 is 0 Å². The molecule has 6 heteroatoms. The van der Waals surface area contributed by atoms with E-state index in [0.29, 0.717) is 18.6 Å². The molecule has 3 N–H and O–H groups in total. The van der Waals surface area contributed by atoms with Crippen LogP contribution in [-0.4, -0.2) is 40.8 Å². The van der Waals surface area contributed by atoms with E-state index in [1.807, 2.05) is 6.20 Å². The molecule has 0 radical (unpaired) electrons. The minimum absolute atomic E-state index is 0.371. The van der Waals surface area contributed by atoms with Crippen LogP contribution in [0.3, 0.4) is 0 Å². The Morgan fingerprint density at radius 3 is 3.24 bits per heavy atom. The molecule has 1 aliphatic heterocycles. The molecule has 1 fully saturated rings. The summed E-state index contributed by atoms with van der Waals surface area (Å²) in [5, 5.41) is 11.5. The number of nitrogens with one attached hydrogen (secondary N) is 1. The molecule has 0 amide bonds. The lowest BCUT2D eigenvalue weighted by Gasteiger charge is -2.13. The summed E-state index contributed by atoms with van der Waals surface area (Å²) in [4.78, 5) is 0. The van der Waals surface area contributed by atoms with Crippen molar-refractivity contribution >= 4 is 0 Å². The van der Waals surface area contributed by atoms with Crippen molar-refractivity contribution in [1.82, 2.24) is 20.3 Å². The molecule has 2 unspecified atom stereocenters. The average Bonchev–Trinajstić information content (AvgIpc) is 2.90. The van der Waals surface area contributed by atoms with Gasteiger partial charge in [0.1, 0.15) is 0 Å². The van der Waals surface area contributed by atoms with Gasteiger partial charge >= 0.3 is 0 Å². The topological polar surface area (TPSA) is 78.0 Å².